The third-order valence-corrected chi connectivity index (χ3v) is 7.62. The van der Waals surface area contributed by atoms with Crippen molar-refractivity contribution in [1.82, 2.24) is 0 Å². The van der Waals surface area contributed by atoms with E-state index in [1.54, 1.807) is 0 Å². The minimum atomic E-state index is -4.34. The van der Waals surface area contributed by atoms with Crippen LogP contribution in [0.2, 0.25) is 0 Å². The number of esters is 2. The number of rotatable bonds is 28. The van der Waals surface area contributed by atoms with Crippen LogP contribution in [0.25, 0.3) is 0 Å². The van der Waals surface area contributed by atoms with Gasteiger partial charge in [0, 0.05) is 12.8 Å². The highest BCUT2D eigenvalue weighted by atomic mass is 31.2. The number of quaternary nitrogens is 1. The molecule has 0 heterocycles. The maximum Gasteiger partial charge on any atom is 0.472 e. The topological polar surface area (TPSA) is 108 Å². The predicted octanol–water partition coefficient (Wildman–Crippen LogP) is 7.34. The quantitative estimate of drug-likeness (QED) is 0.0434. The highest BCUT2D eigenvalue weighted by Crippen LogP contribution is 2.43. The van der Waals surface area contributed by atoms with Crippen LogP contribution in [0.15, 0.2) is 0 Å². The summed E-state index contributed by atoms with van der Waals surface area (Å²) in [6.45, 7) is 4.21. The summed E-state index contributed by atoms with van der Waals surface area (Å²) in [5.41, 5.74) is 0. The van der Waals surface area contributed by atoms with Crippen molar-refractivity contribution in [3.05, 3.63) is 0 Å². The number of carbonyl (C=O) groups is 2. The van der Waals surface area contributed by atoms with Crippen molar-refractivity contribution in [2.45, 2.75) is 136 Å². The molecule has 0 bridgehead atoms. The summed E-state index contributed by atoms with van der Waals surface area (Å²) in [6.07, 6.45) is 18.0. The van der Waals surface area contributed by atoms with Gasteiger partial charge in [-0.25, -0.2) is 4.57 Å². The lowest BCUT2D eigenvalue weighted by Crippen LogP contribution is -2.37. The Hall–Kier alpha value is -0.990. The van der Waals surface area contributed by atoms with Crippen LogP contribution in [-0.2, 0) is 32.7 Å². The van der Waals surface area contributed by atoms with Gasteiger partial charge in [-0.3, -0.25) is 18.6 Å². The smallest absolute Gasteiger partial charge is 0.462 e. The fourth-order valence-corrected chi connectivity index (χ4v) is 4.81. The predicted molar refractivity (Wildman–Crippen MR) is 160 cm³/mol. The van der Waals surface area contributed by atoms with Crippen LogP contribution in [0, 0.1) is 0 Å². The first-order chi connectivity index (χ1) is 19.0. The summed E-state index contributed by atoms with van der Waals surface area (Å²) >= 11 is 0. The number of carbonyl (C=O) groups excluding carboxylic acids is 2. The van der Waals surface area contributed by atoms with E-state index in [0.717, 1.165) is 32.1 Å². The van der Waals surface area contributed by atoms with Crippen molar-refractivity contribution in [3.63, 3.8) is 0 Å². The van der Waals surface area contributed by atoms with Gasteiger partial charge in [-0.05, 0) is 12.8 Å². The lowest BCUT2D eigenvalue weighted by Gasteiger charge is -2.24. The zero-order valence-corrected chi connectivity index (χ0v) is 27.2. The van der Waals surface area contributed by atoms with Gasteiger partial charge in [-0.1, -0.05) is 104 Å². The number of ether oxygens (including phenoxy) is 2. The molecule has 0 rings (SSSR count). The average molecular weight is 595 g/mol. The molecule has 1 unspecified atom stereocenters. The van der Waals surface area contributed by atoms with Crippen molar-refractivity contribution < 1.29 is 42.1 Å². The molecule has 0 radical (unpaired) electrons. The average Bonchev–Trinajstić information content (AvgIpc) is 2.87. The monoisotopic (exact) mass is 594 g/mol. The number of phosphoric acid groups is 1. The molecule has 0 spiro atoms. The number of phosphoric ester groups is 1. The van der Waals surface area contributed by atoms with Gasteiger partial charge in [-0.2, -0.15) is 0 Å². The van der Waals surface area contributed by atoms with Gasteiger partial charge >= 0.3 is 19.8 Å². The number of unbranched alkanes of at least 4 members (excludes halogenated alkanes) is 14. The summed E-state index contributed by atoms with van der Waals surface area (Å²) < 4.78 is 33.6. The standard InChI is InChI=1S/C30H60NO8P/c1-6-8-10-11-12-13-14-15-16-17-18-19-21-23-30(33)39-28(26-36-29(32)22-20-9-7-2)27-38-40(34,35)37-25-24-31(3,4)5/h28H,6-27H2,1-5H3/p+1/t28-/m0/s1. The van der Waals surface area contributed by atoms with Crippen LogP contribution in [0.4, 0.5) is 0 Å². The van der Waals surface area contributed by atoms with Gasteiger partial charge in [0.2, 0.25) is 0 Å². The van der Waals surface area contributed by atoms with Crippen molar-refractivity contribution in [2.24, 2.45) is 0 Å². The van der Waals surface area contributed by atoms with Crippen LogP contribution >= 0.6 is 7.82 Å². The third kappa shape index (κ3) is 27.2. The van der Waals surface area contributed by atoms with Gasteiger partial charge in [-0.15, -0.1) is 0 Å². The van der Waals surface area contributed by atoms with Crippen LogP contribution in [0.5, 0.6) is 0 Å². The summed E-state index contributed by atoms with van der Waals surface area (Å²) in [5.74, 6) is -0.824. The second-order valence-electron chi connectivity index (χ2n) is 11.9. The normalized spacial score (nSPS) is 14.1. The van der Waals surface area contributed by atoms with E-state index in [0.29, 0.717) is 17.4 Å². The minimum Gasteiger partial charge on any atom is -0.462 e. The summed E-state index contributed by atoms with van der Waals surface area (Å²) in [7, 11) is 1.48. The Balaban J connectivity index is 4.34. The van der Waals surface area contributed by atoms with Crippen LogP contribution in [0.1, 0.15) is 129 Å². The SMILES string of the molecule is CCCCCCCCCCCCCCCC(=O)O[C@@H](COC(=O)CCCCC)COP(=O)(O)OCC[N+](C)(C)C. The Morgan fingerprint density at radius 1 is 0.675 bits per heavy atom. The molecular weight excluding hydrogens is 533 g/mol. The lowest BCUT2D eigenvalue weighted by molar-refractivity contribution is -0.870. The van der Waals surface area contributed by atoms with E-state index in [1.807, 2.05) is 28.1 Å². The van der Waals surface area contributed by atoms with Crippen molar-refractivity contribution in [2.75, 3.05) is 47.5 Å². The molecular formula is C30H61NO8P+. The Labute approximate surface area is 244 Å². The maximum absolute atomic E-state index is 12.4. The van der Waals surface area contributed by atoms with E-state index in [9.17, 15) is 19.0 Å². The number of nitrogens with zero attached hydrogens (tertiary/aromatic N) is 1. The fourth-order valence-electron chi connectivity index (χ4n) is 4.07. The summed E-state index contributed by atoms with van der Waals surface area (Å²) in [5, 5.41) is 0. The first kappa shape index (κ1) is 39.0. The molecule has 2 atom stereocenters. The molecule has 1 N–H and O–H groups in total. The van der Waals surface area contributed by atoms with E-state index in [4.69, 9.17) is 18.5 Å². The molecule has 0 fully saturated rings. The van der Waals surface area contributed by atoms with E-state index in [2.05, 4.69) is 6.92 Å². The number of hydrogen-bond acceptors (Lipinski definition) is 7. The Morgan fingerprint density at radius 3 is 1.65 bits per heavy atom. The molecule has 0 aliphatic carbocycles. The molecule has 0 saturated heterocycles. The first-order valence-electron chi connectivity index (χ1n) is 15.8. The lowest BCUT2D eigenvalue weighted by atomic mass is 10.0. The van der Waals surface area contributed by atoms with Crippen molar-refractivity contribution >= 4 is 19.8 Å². The molecule has 0 aromatic heterocycles. The molecule has 0 aliphatic rings. The molecule has 238 valence electrons. The molecule has 40 heavy (non-hydrogen) atoms. The molecule has 10 heteroatoms. The second kappa shape index (κ2) is 24.6. The third-order valence-electron chi connectivity index (χ3n) is 6.64. The zero-order chi connectivity index (χ0) is 30.1. The molecule has 0 aromatic rings. The van der Waals surface area contributed by atoms with Crippen molar-refractivity contribution in [3.8, 4) is 0 Å². The van der Waals surface area contributed by atoms with Gasteiger partial charge in [0.05, 0.1) is 27.7 Å². The minimum absolute atomic E-state index is 0.0349. The van der Waals surface area contributed by atoms with Gasteiger partial charge in [0.25, 0.3) is 0 Å². The molecule has 0 aromatic carbocycles. The first-order valence-corrected chi connectivity index (χ1v) is 17.3. The van der Waals surface area contributed by atoms with Gasteiger partial charge in [0.1, 0.15) is 19.8 Å². The van der Waals surface area contributed by atoms with E-state index in [1.165, 1.54) is 64.2 Å². The van der Waals surface area contributed by atoms with Crippen molar-refractivity contribution in [1.29, 1.82) is 0 Å². The van der Waals surface area contributed by atoms with Crippen LogP contribution < -0.4 is 0 Å². The zero-order valence-electron chi connectivity index (χ0n) is 26.3. The molecule has 0 amide bonds. The summed E-state index contributed by atoms with van der Waals surface area (Å²) in [4.78, 5) is 34.5. The molecule has 9 nitrogen and oxygen atoms in total. The van der Waals surface area contributed by atoms with Crippen LogP contribution in [0.3, 0.4) is 0 Å². The molecule has 0 aliphatic heterocycles. The Bertz CT molecular complexity index is 683. The fraction of sp³-hybridized carbons (Fsp3) is 0.933. The number of hydrogen-bond donors (Lipinski definition) is 1. The van der Waals surface area contributed by atoms with E-state index < -0.39 is 32.5 Å². The second-order valence-corrected chi connectivity index (χ2v) is 13.3. The summed E-state index contributed by atoms with van der Waals surface area (Å²) in [6, 6.07) is 0. The maximum atomic E-state index is 12.4. The van der Waals surface area contributed by atoms with E-state index >= 15 is 0 Å². The Kier molecular flexibility index (Phi) is 24.0. The Morgan fingerprint density at radius 2 is 1.12 bits per heavy atom. The number of likely N-dealkylation sites (N-methyl/N-ethyl adjacent to an activating group) is 1. The van der Waals surface area contributed by atoms with Gasteiger partial charge in [0.15, 0.2) is 6.10 Å². The highest BCUT2D eigenvalue weighted by Gasteiger charge is 2.27. The van der Waals surface area contributed by atoms with Gasteiger partial charge < -0.3 is 18.9 Å². The van der Waals surface area contributed by atoms with E-state index in [-0.39, 0.29) is 26.1 Å². The van der Waals surface area contributed by atoms with Crippen LogP contribution in [-0.4, -0.2) is 74.9 Å². The molecule has 0 saturated carbocycles. The largest absolute Gasteiger partial charge is 0.472 e. The highest BCUT2D eigenvalue weighted by molar-refractivity contribution is 7.47.